The molecule has 0 saturated heterocycles. The van der Waals surface area contributed by atoms with Crippen molar-refractivity contribution in [3.63, 3.8) is 0 Å². The summed E-state index contributed by atoms with van der Waals surface area (Å²) >= 11 is 8.42. The smallest absolute Gasteiger partial charge is 0.341 e. The summed E-state index contributed by atoms with van der Waals surface area (Å²) in [4.78, 5) is 24.2. The molecule has 2 atom stereocenters. The molecule has 0 aliphatic carbocycles. The van der Waals surface area contributed by atoms with Gasteiger partial charge in [-0.25, -0.2) is 4.79 Å². The first-order chi connectivity index (χ1) is 11.5. The zero-order chi connectivity index (χ0) is 17.9. The van der Waals surface area contributed by atoms with Crippen molar-refractivity contribution >= 4 is 61.1 Å². The summed E-state index contributed by atoms with van der Waals surface area (Å²) in [6.07, 6.45) is 3.74. The number of carbonyl (C=O) groups excluding carboxylic acids is 2. The first-order valence-corrected chi connectivity index (χ1v) is 10.2. The molecular formula is C16H17Br2NO4S. The van der Waals surface area contributed by atoms with Gasteiger partial charge in [-0.1, -0.05) is 37.9 Å². The van der Waals surface area contributed by atoms with E-state index in [2.05, 4.69) is 31.9 Å². The molecule has 2 heterocycles. The largest absolute Gasteiger partial charge is 0.465 e. The summed E-state index contributed by atoms with van der Waals surface area (Å²) in [6.45, 7) is 2.06. The molecule has 2 aromatic rings. The Labute approximate surface area is 161 Å². The number of fused-ring (bicyclic) bond motifs is 1. The van der Waals surface area contributed by atoms with E-state index in [1.807, 2.05) is 35.1 Å². The van der Waals surface area contributed by atoms with Gasteiger partial charge in [0.05, 0.1) is 35.3 Å². The third-order valence-corrected chi connectivity index (χ3v) is 6.85. The Balaban J connectivity index is 2.65. The molecule has 0 N–H and O–H groups in total. The van der Waals surface area contributed by atoms with Gasteiger partial charge in [-0.2, -0.15) is 0 Å². The molecular weight excluding hydrogens is 462 g/mol. The highest BCUT2D eigenvalue weighted by atomic mass is 79.9. The van der Waals surface area contributed by atoms with Crippen LogP contribution in [0.4, 0.5) is 0 Å². The predicted molar refractivity (Wildman–Crippen MR) is 102 cm³/mol. The van der Waals surface area contributed by atoms with Crippen LogP contribution in [0.15, 0.2) is 29.3 Å². The second kappa shape index (κ2) is 8.40. The van der Waals surface area contributed by atoms with E-state index in [4.69, 9.17) is 9.47 Å². The zero-order valence-electron chi connectivity index (χ0n) is 13.4. The summed E-state index contributed by atoms with van der Waals surface area (Å²) in [5.74, 6) is -0.770. The van der Waals surface area contributed by atoms with Crippen LogP contribution < -0.4 is 0 Å². The summed E-state index contributed by atoms with van der Waals surface area (Å²) in [5, 5.41) is 0. The van der Waals surface area contributed by atoms with Gasteiger partial charge in [-0.05, 0) is 25.3 Å². The van der Waals surface area contributed by atoms with Crippen LogP contribution in [-0.2, 0) is 14.3 Å². The maximum Gasteiger partial charge on any atom is 0.341 e. The Morgan fingerprint density at radius 2 is 2.04 bits per heavy atom. The maximum absolute atomic E-state index is 12.3. The van der Waals surface area contributed by atoms with E-state index in [-0.39, 0.29) is 10.8 Å². The van der Waals surface area contributed by atoms with Crippen molar-refractivity contribution in [2.45, 2.75) is 21.5 Å². The lowest BCUT2D eigenvalue weighted by Gasteiger charge is -2.17. The zero-order valence-corrected chi connectivity index (χ0v) is 17.4. The number of aromatic nitrogens is 1. The molecule has 2 aromatic heterocycles. The van der Waals surface area contributed by atoms with Crippen LogP contribution in [0.1, 0.15) is 27.8 Å². The molecule has 0 fully saturated rings. The van der Waals surface area contributed by atoms with Gasteiger partial charge < -0.3 is 13.9 Å². The summed E-state index contributed by atoms with van der Waals surface area (Å²) in [7, 11) is 1.36. The molecule has 8 heteroatoms. The first-order valence-electron chi connectivity index (χ1n) is 7.17. The van der Waals surface area contributed by atoms with E-state index in [1.54, 1.807) is 6.92 Å². The number of methoxy groups -OCH3 is 1. The minimum atomic E-state index is -0.591. The molecule has 0 saturated carbocycles. The lowest BCUT2D eigenvalue weighted by molar-refractivity contribution is -0.142. The molecule has 0 radical (unpaired) electrons. The quantitative estimate of drug-likeness (QED) is 0.353. The minimum absolute atomic E-state index is 0.304. The number of alkyl halides is 2. The number of nitrogens with zero attached hydrogens (tertiary/aromatic N) is 1. The van der Waals surface area contributed by atoms with Crippen molar-refractivity contribution < 1.29 is 19.1 Å². The van der Waals surface area contributed by atoms with Crippen LogP contribution in [0.2, 0.25) is 0 Å². The number of hydrogen-bond acceptors (Lipinski definition) is 5. The van der Waals surface area contributed by atoms with Gasteiger partial charge in [-0.3, -0.25) is 4.79 Å². The molecule has 0 aliphatic heterocycles. The summed E-state index contributed by atoms with van der Waals surface area (Å²) in [6, 6.07) is 5.58. The molecule has 0 amide bonds. The topological polar surface area (TPSA) is 57.0 Å². The van der Waals surface area contributed by atoms with Crippen molar-refractivity contribution in [1.29, 1.82) is 0 Å². The fourth-order valence-corrected chi connectivity index (χ4v) is 4.48. The van der Waals surface area contributed by atoms with E-state index in [0.29, 0.717) is 12.2 Å². The number of ether oxygens (including phenoxy) is 2. The monoisotopic (exact) mass is 477 g/mol. The third kappa shape index (κ3) is 3.50. The minimum Gasteiger partial charge on any atom is -0.465 e. The van der Waals surface area contributed by atoms with Crippen LogP contribution in [0.3, 0.4) is 0 Å². The number of thioether (sulfide) groups is 1. The highest BCUT2D eigenvalue weighted by molar-refractivity contribution is 9.12. The van der Waals surface area contributed by atoms with Gasteiger partial charge in [0, 0.05) is 11.1 Å². The van der Waals surface area contributed by atoms with Crippen molar-refractivity contribution in [3.05, 3.63) is 35.7 Å². The Hall–Kier alpha value is -0.990. The van der Waals surface area contributed by atoms with Gasteiger partial charge in [0.25, 0.3) is 0 Å². The van der Waals surface area contributed by atoms with E-state index < -0.39 is 10.8 Å². The SMILES string of the molecule is CCOC(=O)C(Br)C(Br)c1c(SC)c(C(=O)OC)c2ccccn12. The first kappa shape index (κ1) is 19.3. The van der Waals surface area contributed by atoms with Crippen LogP contribution in [0.5, 0.6) is 0 Å². The van der Waals surface area contributed by atoms with Crippen LogP contribution in [0, 0.1) is 0 Å². The van der Waals surface area contributed by atoms with Gasteiger partial charge in [0.1, 0.15) is 4.83 Å². The lowest BCUT2D eigenvalue weighted by atomic mass is 10.2. The summed E-state index contributed by atoms with van der Waals surface area (Å²) in [5.41, 5.74) is 2.03. The normalized spacial score (nSPS) is 13.5. The molecule has 0 aliphatic rings. The fraction of sp³-hybridized carbons (Fsp3) is 0.375. The number of esters is 2. The molecule has 24 heavy (non-hydrogen) atoms. The molecule has 2 unspecified atom stereocenters. The fourth-order valence-electron chi connectivity index (χ4n) is 2.45. The van der Waals surface area contributed by atoms with Gasteiger partial charge >= 0.3 is 11.9 Å². The van der Waals surface area contributed by atoms with E-state index in [1.165, 1.54) is 18.9 Å². The molecule has 130 valence electrons. The van der Waals surface area contributed by atoms with E-state index >= 15 is 0 Å². The second-order valence-corrected chi connectivity index (χ2v) is 7.59. The maximum atomic E-state index is 12.3. The van der Waals surface area contributed by atoms with Crippen molar-refractivity contribution in [2.24, 2.45) is 0 Å². The number of hydrogen-bond donors (Lipinski definition) is 0. The van der Waals surface area contributed by atoms with Crippen LogP contribution in [-0.4, -0.2) is 41.1 Å². The number of pyridine rings is 1. The Morgan fingerprint density at radius 1 is 1.33 bits per heavy atom. The summed E-state index contributed by atoms with van der Waals surface area (Å²) < 4.78 is 11.9. The van der Waals surface area contributed by atoms with Crippen molar-refractivity contribution in [1.82, 2.24) is 4.40 Å². The Bertz CT molecular complexity index is 762. The standard InChI is InChI=1S/C16H17Br2NO4S/c1-4-23-16(21)12(18)11(17)13-14(24-3)10(15(20)22-2)9-7-5-6-8-19(9)13/h5-8,11-12H,4H2,1-3H3. The van der Waals surface area contributed by atoms with Crippen LogP contribution in [0.25, 0.3) is 5.52 Å². The van der Waals surface area contributed by atoms with Gasteiger partial charge in [-0.15, -0.1) is 11.8 Å². The average Bonchev–Trinajstić information content (AvgIpc) is 2.94. The Kier molecular flexibility index (Phi) is 6.77. The van der Waals surface area contributed by atoms with E-state index in [0.717, 1.165) is 16.1 Å². The van der Waals surface area contributed by atoms with Crippen molar-refractivity contribution in [3.8, 4) is 0 Å². The molecule has 5 nitrogen and oxygen atoms in total. The molecule has 0 aromatic carbocycles. The van der Waals surface area contributed by atoms with Crippen molar-refractivity contribution in [2.75, 3.05) is 20.0 Å². The van der Waals surface area contributed by atoms with Gasteiger partial charge in [0.2, 0.25) is 0 Å². The highest BCUT2D eigenvalue weighted by Crippen LogP contribution is 2.41. The number of rotatable bonds is 6. The average molecular weight is 479 g/mol. The molecule has 0 bridgehead atoms. The number of halogens is 2. The predicted octanol–water partition coefficient (Wildman–Crippen LogP) is 4.21. The highest BCUT2D eigenvalue weighted by Gasteiger charge is 2.33. The molecule has 2 rings (SSSR count). The lowest BCUT2D eigenvalue weighted by Crippen LogP contribution is -2.22. The molecule has 0 spiro atoms. The van der Waals surface area contributed by atoms with Crippen LogP contribution >= 0.6 is 43.6 Å². The number of carbonyl (C=O) groups is 2. The van der Waals surface area contributed by atoms with E-state index in [9.17, 15) is 9.59 Å². The second-order valence-electron chi connectivity index (χ2n) is 4.80. The van der Waals surface area contributed by atoms with Gasteiger partial charge in [0.15, 0.2) is 0 Å². The Morgan fingerprint density at radius 3 is 2.62 bits per heavy atom. The third-order valence-electron chi connectivity index (χ3n) is 3.46.